The van der Waals surface area contributed by atoms with Crippen LogP contribution in [-0.4, -0.2) is 22.9 Å². The molecule has 0 fully saturated rings. The molecule has 0 N–H and O–H groups in total. The fourth-order valence-corrected chi connectivity index (χ4v) is 0.482. The minimum atomic E-state index is 0.312. The summed E-state index contributed by atoms with van der Waals surface area (Å²) in [5, 5.41) is 0. The maximum atomic E-state index is 5.20. The fraction of sp³-hybridized carbons (Fsp3) is 1.00. The summed E-state index contributed by atoms with van der Waals surface area (Å²) in [5.41, 5.74) is 0. The zero-order valence-electron chi connectivity index (χ0n) is 4.11. The molecule has 41 valence electrons. The van der Waals surface area contributed by atoms with Gasteiger partial charge < -0.3 is 4.74 Å². The maximum Gasteiger partial charge on any atom is 0.120 e. The highest BCUT2D eigenvalue weighted by Crippen LogP contribution is 1.86. The molecular formula is C4H8ClOSi. The molecule has 0 saturated heterocycles. The van der Waals surface area contributed by atoms with Crippen molar-refractivity contribution in [3.63, 3.8) is 0 Å². The van der Waals surface area contributed by atoms with Crippen LogP contribution in [0.3, 0.4) is 0 Å². The molecule has 0 spiro atoms. The summed E-state index contributed by atoms with van der Waals surface area (Å²) in [5.74, 6) is 0. The van der Waals surface area contributed by atoms with Crippen molar-refractivity contribution in [1.82, 2.24) is 0 Å². The van der Waals surface area contributed by atoms with Crippen LogP contribution in [0.5, 0.6) is 0 Å². The minimum Gasteiger partial charge on any atom is -0.366 e. The topological polar surface area (TPSA) is 9.23 Å². The third-order valence-corrected chi connectivity index (χ3v) is 1.05. The SMILES string of the molecule is [Si]CCCOCCl. The van der Waals surface area contributed by atoms with Gasteiger partial charge in [0.15, 0.2) is 0 Å². The van der Waals surface area contributed by atoms with E-state index < -0.39 is 0 Å². The zero-order valence-corrected chi connectivity index (χ0v) is 5.87. The molecule has 0 unspecified atom stereocenters. The van der Waals surface area contributed by atoms with Gasteiger partial charge in [0.1, 0.15) is 6.07 Å². The quantitative estimate of drug-likeness (QED) is 0.320. The molecule has 0 aliphatic carbocycles. The van der Waals surface area contributed by atoms with Crippen molar-refractivity contribution in [1.29, 1.82) is 0 Å². The average Bonchev–Trinajstić information content (AvgIpc) is 1.69. The van der Waals surface area contributed by atoms with Gasteiger partial charge in [0.05, 0.1) is 0 Å². The van der Waals surface area contributed by atoms with E-state index in [4.69, 9.17) is 16.3 Å². The van der Waals surface area contributed by atoms with Crippen molar-refractivity contribution < 1.29 is 4.74 Å². The Labute approximate surface area is 52.4 Å². The third kappa shape index (κ3) is 6.47. The van der Waals surface area contributed by atoms with Crippen molar-refractivity contribution in [2.24, 2.45) is 0 Å². The van der Waals surface area contributed by atoms with Gasteiger partial charge in [-0.05, 0) is 6.42 Å². The van der Waals surface area contributed by atoms with Crippen molar-refractivity contribution in [2.45, 2.75) is 12.5 Å². The number of hydrogen-bond acceptors (Lipinski definition) is 1. The Balaban J connectivity index is 2.45. The van der Waals surface area contributed by atoms with Gasteiger partial charge in [-0.2, -0.15) is 0 Å². The van der Waals surface area contributed by atoms with Crippen LogP contribution >= 0.6 is 11.6 Å². The summed E-state index contributed by atoms with van der Waals surface area (Å²) >= 11 is 5.20. The van der Waals surface area contributed by atoms with E-state index in [0.717, 1.165) is 19.1 Å². The summed E-state index contributed by atoms with van der Waals surface area (Å²) in [7, 11) is 3.30. The predicted octanol–water partition coefficient (Wildman–Crippen LogP) is 1.18. The smallest absolute Gasteiger partial charge is 0.120 e. The zero-order chi connectivity index (χ0) is 5.54. The van der Waals surface area contributed by atoms with Crippen molar-refractivity contribution in [2.75, 3.05) is 12.7 Å². The normalized spacial score (nSPS) is 9.43. The fourth-order valence-electron chi connectivity index (χ4n) is 0.229. The van der Waals surface area contributed by atoms with Gasteiger partial charge in [-0.3, -0.25) is 0 Å². The number of halogens is 1. The molecule has 1 nitrogen and oxygen atoms in total. The van der Waals surface area contributed by atoms with Crippen molar-refractivity contribution >= 4 is 21.8 Å². The van der Waals surface area contributed by atoms with Crippen molar-refractivity contribution in [3.8, 4) is 0 Å². The van der Waals surface area contributed by atoms with Crippen LogP contribution in [0.15, 0.2) is 0 Å². The predicted molar refractivity (Wildman–Crippen MR) is 31.8 cm³/mol. The van der Waals surface area contributed by atoms with E-state index in [1.54, 1.807) is 0 Å². The second-order valence-electron chi connectivity index (χ2n) is 1.12. The Morgan fingerprint density at radius 1 is 1.57 bits per heavy atom. The highest BCUT2D eigenvalue weighted by molar-refractivity contribution is 6.17. The second kappa shape index (κ2) is 6.47. The highest BCUT2D eigenvalue weighted by Gasteiger charge is 1.79. The van der Waals surface area contributed by atoms with Gasteiger partial charge in [0.25, 0.3) is 0 Å². The van der Waals surface area contributed by atoms with Gasteiger partial charge in [-0.15, -0.1) is 0 Å². The first kappa shape index (κ1) is 7.47. The van der Waals surface area contributed by atoms with Crippen LogP contribution in [0, 0.1) is 0 Å². The summed E-state index contributed by atoms with van der Waals surface area (Å²) in [6.45, 7) is 0.757. The number of ether oxygens (including phenoxy) is 1. The Kier molecular flexibility index (Phi) is 6.90. The lowest BCUT2D eigenvalue weighted by molar-refractivity contribution is 0.180. The first-order valence-electron chi connectivity index (χ1n) is 2.20. The molecular weight excluding hydrogens is 128 g/mol. The minimum absolute atomic E-state index is 0.312. The molecule has 7 heavy (non-hydrogen) atoms. The Morgan fingerprint density at radius 3 is 2.71 bits per heavy atom. The van der Waals surface area contributed by atoms with E-state index in [1.807, 2.05) is 0 Å². The maximum absolute atomic E-state index is 5.20. The van der Waals surface area contributed by atoms with Gasteiger partial charge >= 0.3 is 0 Å². The van der Waals surface area contributed by atoms with Crippen LogP contribution in [-0.2, 0) is 4.74 Å². The van der Waals surface area contributed by atoms with Crippen LogP contribution < -0.4 is 0 Å². The molecule has 0 aromatic carbocycles. The number of alkyl halides is 1. The highest BCUT2D eigenvalue weighted by atomic mass is 35.5. The summed E-state index contributed by atoms with van der Waals surface area (Å²) < 4.78 is 4.81. The lowest BCUT2D eigenvalue weighted by atomic mass is 10.5. The van der Waals surface area contributed by atoms with E-state index in [1.165, 1.54) is 0 Å². The summed E-state index contributed by atoms with van der Waals surface area (Å²) in [6.07, 6.45) is 1.03. The Bertz CT molecular complexity index is 30.9. The van der Waals surface area contributed by atoms with Gasteiger partial charge in [-0.25, -0.2) is 0 Å². The molecule has 0 aromatic heterocycles. The largest absolute Gasteiger partial charge is 0.366 e. The summed E-state index contributed by atoms with van der Waals surface area (Å²) in [6, 6.07) is 1.29. The first-order valence-corrected chi connectivity index (χ1v) is 3.44. The molecule has 0 aromatic rings. The molecule has 0 rings (SSSR count). The van der Waals surface area contributed by atoms with E-state index in [9.17, 15) is 0 Å². The first-order chi connectivity index (χ1) is 3.41. The van der Waals surface area contributed by atoms with Gasteiger partial charge in [-0.1, -0.05) is 17.6 Å². The van der Waals surface area contributed by atoms with Crippen LogP contribution in [0.2, 0.25) is 6.04 Å². The molecule has 3 heteroatoms. The Morgan fingerprint density at radius 2 is 2.29 bits per heavy atom. The third-order valence-electron chi connectivity index (χ3n) is 0.543. The van der Waals surface area contributed by atoms with E-state index in [-0.39, 0.29) is 0 Å². The number of rotatable bonds is 4. The standard InChI is InChI=1S/C4H8ClOSi/c5-4-6-2-1-3-7/h1-4H2. The molecule has 0 atom stereocenters. The molecule has 0 aliphatic heterocycles. The van der Waals surface area contributed by atoms with Crippen LogP contribution in [0.1, 0.15) is 6.42 Å². The monoisotopic (exact) mass is 135 g/mol. The van der Waals surface area contributed by atoms with Gasteiger partial charge in [0.2, 0.25) is 0 Å². The number of hydrogen-bond donors (Lipinski definition) is 0. The molecule has 0 heterocycles. The van der Waals surface area contributed by atoms with Crippen molar-refractivity contribution in [3.05, 3.63) is 0 Å². The van der Waals surface area contributed by atoms with E-state index in [0.29, 0.717) is 6.07 Å². The molecule has 0 aliphatic rings. The molecule has 0 bridgehead atoms. The second-order valence-corrected chi connectivity index (χ2v) is 1.84. The van der Waals surface area contributed by atoms with Crippen LogP contribution in [0.4, 0.5) is 0 Å². The van der Waals surface area contributed by atoms with Crippen LogP contribution in [0.25, 0.3) is 0 Å². The Hall–Kier alpha value is 0.467. The van der Waals surface area contributed by atoms with E-state index >= 15 is 0 Å². The summed E-state index contributed by atoms with van der Waals surface area (Å²) in [4.78, 5) is 0. The molecule has 3 radical (unpaired) electrons. The lowest BCUT2D eigenvalue weighted by Crippen LogP contribution is -1.89. The van der Waals surface area contributed by atoms with Gasteiger partial charge in [0, 0.05) is 16.8 Å². The molecule has 0 saturated carbocycles. The average molecular weight is 136 g/mol. The molecule has 0 amide bonds. The van der Waals surface area contributed by atoms with E-state index in [2.05, 4.69) is 10.2 Å². The lowest BCUT2D eigenvalue weighted by Gasteiger charge is -1.93.